The van der Waals surface area contributed by atoms with Crippen molar-refractivity contribution in [3.63, 3.8) is 0 Å². The number of ether oxygens (including phenoxy) is 1. The Morgan fingerprint density at radius 2 is 1.67 bits per heavy atom. The van der Waals surface area contributed by atoms with Gasteiger partial charge in [-0.15, -0.1) is 0 Å². The summed E-state index contributed by atoms with van der Waals surface area (Å²) in [5.41, 5.74) is 4.59. The van der Waals surface area contributed by atoms with E-state index in [4.69, 9.17) is 4.74 Å². The summed E-state index contributed by atoms with van der Waals surface area (Å²) in [5.74, 6) is 0.0495. The maximum absolute atomic E-state index is 13.4. The van der Waals surface area contributed by atoms with Crippen molar-refractivity contribution in [3.8, 4) is 11.1 Å². The van der Waals surface area contributed by atoms with Crippen LogP contribution < -0.4 is 5.32 Å². The SMILES string of the molecule is CC.CS.CS.CSCCC(NC(=O)c1ccc(CN2CCCC2COCC2CCCCC2)cc1-c1ccccc1C)C(=O)O. The maximum Gasteiger partial charge on any atom is 0.326 e. The number of amides is 1. The Labute approximate surface area is 288 Å². The van der Waals surface area contributed by atoms with Gasteiger partial charge < -0.3 is 15.2 Å². The highest BCUT2D eigenvalue weighted by molar-refractivity contribution is 7.98. The number of hydrogen-bond acceptors (Lipinski definition) is 7. The van der Waals surface area contributed by atoms with Crippen molar-refractivity contribution in [2.75, 3.05) is 44.3 Å². The summed E-state index contributed by atoms with van der Waals surface area (Å²) in [7, 11) is 0. The zero-order valence-corrected chi connectivity index (χ0v) is 31.0. The molecule has 2 aromatic rings. The first kappa shape index (κ1) is 41.4. The van der Waals surface area contributed by atoms with Gasteiger partial charge in [0.25, 0.3) is 5.91 Å². The molecule has 4 rings (SSSR count). The third kappa shape index (κ3) is 13.9. The number of aliphatic carboxylic acids is 1. The van der Waals surface area contributed by atoms with Gasteiger partial charge in [0, 0.05) is 24.8 Å². The van der Waals surface area contributed by atoms with Crippen LogP contribution in [0.5, 0.6) is 0 Å². The fourth-order valence-electron chi connectivity index (χ4n) is 5.97. The molecule has 0 bridgehead atoms. The fourth-order valence-corrected chi connectivity index (χ4v) is 6.44. The average molecular weight is 679 g/mol. The van der Waals surface area contributed by atoms with Crippen LogP contribution >= 0.6 is 37.0 Å². The summed E-state index contributed by atoms with van der Waals surface area (Å²) in [4.78, 5) is 27.7. The van der Waals surface area contributed by atoms with E-state index >= 15 is 0 Å². The Hall–Kier alpha value is -1.65. The highest BCUT2D eigenvalue weighted by Gasteiger charge is 2.27. The number of likely N-dealkylation sites (tertiary alicyclic amines) is 1. The number of carboxylic acid groups (broad SMARTS) is 1. The second kappa shape index (κ2) is 24.5. The van der Waals surface area contributed by atoms with E-state index in [1.807, 2.05) is 63.4 Å². The van der Waals surface area contributed by atoms with Gasteiger partial charge in [0.15, 0.2) is 0 Å². The average Bonchev–Trinajstić information content (AvgIpc) is 3.52. The molecule has 0 spiro atoms. The van der Waals surface area contributed by atoms with Crippen molar-refractivity contribution in [1.29, 1.82) is 0 Å². The smallest absolute Gasteiger partial charge is 0.326 e. The van der Waals surface area contributed by atoms with Crippen LogP contribution in [0.3, 0.4) is 0 Å². The van der Waals surface area contributed by atoms with Gasteiger partial charge in [-0.1, -0.05) is 63.4 Å². The number of nitrogens with one attached hydrogen (secondary N) is 1. The van der Waals surface area contributed by atoms with Crippen molar-refractivity contribution in [2.45, 2.75) is 90.8 Å². The van der Waals surface area contributed by atoms with E-state index in [2.05, 4.69) is 41.5 Å². The number of carboxylic acids is 1. The molecule has 1 aliphatic heterocycles. The minimum atomic E-state index is -1.00. The van der Waals surface area contributed by atoms with Crippen LogP contribution in [0.1, 0.15) is 86.7 Å². The summed E-state index contributed by atoms with van der Waals surface area (Å²) in [5, 5.41) is 12.4. The number of nitrogens with zero attached hydrogens (tertiary/aromatic N) is 1. The molecule has 2 fully saturated rings. The van der Waals surface area contributed by atoms with Gasteiger partial charge in [-0.2, -0.15) is 37.0 Å². The van der Waals surface area contributed by atoms with Crippen LogP contribution in [0.4, 0.5) is 0 Å². The molecule has 2 N–H and O–H groups in total. The number of carbonyl (C=O) groups is 2. The fraction of sp³-hybridized carbons (Fsp3) is 0.611. The predicted molar refractivity (Wildman–Crippen MR) is 200 cm³/mol. The lowest BCUT2D eigenvalue weighted by Gasteiger charge is -2.27. The molecule has 9 heteroatoms. The van der Waals surface area contributed by atoms with Crippen LogP contribution in [0, 0.1) is 12.8 Å². The number of thiol groups is 2. The van der Waals surface area contributed by atoms with Crippen molar-refractivity contribution < 1.29 is 19.4 Å². The summed E-state index contributed by atoms with van der Waals surface area (Å²) in [6.45, 7) is 9.58. The maximum atomic E-state index is 13.4. The number of aryl methyl sites for hydroxylation is 1. The van der Waals surface area contributed by atoms with Gasteiger partial charge >= 0.3 is 5.97 Å². The summed E-state index contributed by atoms with van der Waals surface area (Å²) >= 11 is 8.63. The van der Waals surface area contributed by atoms with Gasteiger partial charge in [0.05, 0.1) is 6.61 Å². The Bertz CT molecular complexity index is 1110. The molecule has 2 unspecified atom stereocenters. The number of hydrogen-bond donors (Lipinski definition) is 4. The highest BCUT2D eigenvalue weighted by Crippen LogP contribution is 2.30. The molecule has 2 aliphatic rings. The van der Waals surface area contributed by atoms with Gasteiger partial charge in [0.1, 0.15) is 6.04 Å². The zero-order valence-electron chi connectivity index (χ0n) is 28.4. The molecule has 45 heavy (non-hydrogen) atoms. The number of rotatable bonds is 13. The molecule has 0 radical (unpaired) electrons. The van der Waals surface area contributed by atoms with Crippen molar-refractivity contribution in [3.05, 3.63) is 59.2 Å². The molecule has 1 aliphatic carbocycles. The van der Waals surface area contributed by atoms with E-state index in [9.17, 15) is 14.7 Å². The summed E-state index contributed by atoms with van der Waals surface area (Å²) in [6.07, 6.45) is 14.7. The third-order valence-electron chi connectivity index (χ3n) is 8.25. The Morgan fingerprint density at radius 3 is 2.31 bits per heavy atom. The van der Waals surface area contributed by atoms with E-state index in [1.165, 1.54) is 38.5 Å². The molecule has 2 aromatic carbocycles. The molecule has 1 saturated heterocycles. The van der Waals surface area contributed by atoms with Crippen LogP contribution in [-0.4, -0.2) is 78.2 Å². The summed E-state index contributed by atoms with van der Waals surface area (Å²) < 4.78 is 6.22. The van der Waals surface area contributed by atoms with Gasteiger partial charge in [-0.05, 0) is 110 Å². The molecule has 1 amide bonds. The summed E-state index contributed by atoms with van der Waals surface area (Å²) in [6, 6.07) is 13.6. The lowest BCUT2D eigenvalue weighted by molar-refractivity contribution is -0.139. The van der Waals surface area contributed by atoms with E-state index in [-0.39, 0.29) is 5.91 Å². The third-order valence-corrected chi connectivity index (χ3v) is 8.90. The van der Waals surface area contributed by atoms with E-state index < -0.39 is 12.0 Å². The molecule has 6 nitrogen and oxygen atoms in total. The van der Waals surface area contributed by atoms with Crippen LogP contribution in [0.25, 0.3) is 11.1 Å². The van der Waals surface area contributed by atoms with Gasteiger partial charge in [-0.25, -0.2) is 4.79 Å². The zero-order chi connectivity index (χ0) is 33.6. The van der Waals surface area contributed by atoms with Crippen molar-refractivity contribution >= 4 is 48.9 Å². The van der Waals surface area contributed by atoms with Crippen LogP contribution in [0.2, 0.25) is 0 Å². The van der Waals surface area contributed by atoms with Crippen LogP contribution in [0.15, 0.2) is 42.5 Å². The largest absolute Gasteiger partial charge is 0.480 e. The van der Waals surface area contributed by atoms with Crippen molar-refractivity contribution in [2.24, 2.45) is 5.92 Å². The first-order valence-corrected chi connectivity index (χ1v) is 19.6. The van der Waals surface area contributed by atoms with E-state index in [0.717, 1.165) is 60.9 Å². The van der Waals surface area contributed by atoms with Gasteiger partial charge in [-0.3, -0.25) is 9.69 Å². The minimum Gasteiger partial charge on any atom is -0.480 e. The monoisotopic (exact) mass is 678 g/mol. The quantitative estimate of drug-likeness (QED) is 0.160. The number of carbonyl (C=O) groups excluding carboxylic acids is 1. The standard InChI is InChI=1S/C32H44N2O4S.C2H6.2CH4S/c1-23-9-6-7-13-27(23)29-19-25(14-15-28(29)31(35)33-30(32(36)37)16-18-39-2)20-34-17-8-12-26(34)22-38-21-24-10-4-3-5-11-24;3*1-2/h6-7,9,13-15,19,24,26,30H,3-5,8,10-12,16-18,20-22H2,1-2H3,(H,33,35)(H,36,37);1-2H3;2*2H,1H3. The predicted octanol–water partition coefficient (Wildman–Crippen LogP) is 8.28. The second-order valence-electron chi connectivity index (χ2n) is 11.1. The first-order chi connectivity index (χ1) is 22.0. The highest BCUT2D eigenvalue weighted by atomic mass is 32.2. The Morgan fingerprint density at radius 1 is 0.978 bits per heavy atom. The number of thioether (sulfide) groups is 1. The van der Waals surface area contributed by atoms with Crippen LogP contribution in [-0.2, 0) is 16.1 Å². The molecular formula is C36H58N2O4S3. The number of benzene rings is 2. The minimum absolute atomic E-state index is 0.344. The first-order valence-electron chi connectivity index (χ1n) is 16.4. The molecule has 1 saturated carbocycles. The van der Waals surface area contributed by atoms with Gasteiger partial charge in [0.2, 0.25) is 0 Å². The molecular weight excluding hydrogens is 621 g/mol. The molecule has 254 valence electrons. The Kier molecular flexibility index (Phi) is 22.5. The lowest BCUT2D eigenvalue weighted by atomic mass is 9.90. The molecule has 1 heterocycles. The second-order valence-corrected chi connectivity index (χ2v) is 12.1. The lowest BCUT2D eigenvalue weighted by Crippen LogP contribution is -2.41. The Balaban J connectivity index is 0.00000159. The van der Waals surface area contributed by atoms with E-state index in [1.54, 1.807) is 24.3 Å². The molecule has 2 atom stereocenters. The molecule has 0 aromatic heterocycles. The topological polar surface area (TPSA) is 78.9 Å². The van der Waals surface area contributed by atoms with E-state index in [0.29, 0.717) is 23.8 Å². The van der Waals surface area contributed by atoms with Crippen molar-refractivity contribution in [1.82, 2.24) is 10.2 Å². The normalized spacial score (nSPS) is 17.0.